The Balaban J connectivity index is 1.41. The van der Waals surface area contributed by atoms with E-state index >= 15 is 0 Å². The van der Waals surface area contributed by atoms with Crippen LogP contribution in [-0.4, -0.2) is 106 Å². The molecule has 5 rings (SSSR count). The van der Waals surface area contributed by atoms with Crippen LogP contribution >= 0.6 is 0 Å². The van der Waals surface area contributed by atoms with E-state index in [1.807, 2.05) is 12.1 Å². The molecule has 9 heteroatoms. The summed E-state index contributed by atoms with van der Waals surface area (Å²) in [5.74, 6) is 3.10. The second-order valence-electron chi connectivity index (χ2n) is 10.3. The lowest BCUT2D eigenvalue weighted by Crippen LogP contribution is -2.32. The van der Waals surface area contributed by atoms with Crippen LogP contribution in [0.25, 0.3) is 10.9 Å². The molecule has 4 heterocycles. The van der Waals surface area contributed by atoms with Crippen molar-refractivity contribution in [3.05, 3.63) is 12.1 Å². The number of hydrogen-bond acceptors (Lipinski definition) is 9. The number of ether oxygens (including phenoxy) is 3. The molecule has 3 saturated heterocycles. The lowest BCUT2D eigenvalue weighted by atomic mass is 10.1. The lowest BCUT2D eigenvalue weighted by Gasteiger charge is -2.26. The number of likely N-dealkylation sites (N-methyl/N-ethyl adjacent to an activating group) is 1. The summed E-state index contributed by atoms with van der Waals surface area (Å²) in [6.07, 6.45) is 6.88. The summed E-state index contributed by atoms with van der Waals surface area (Å²) in [4.78, 5) is 17.3. The zero-order valence-electron chi connectivity index (χ0n) is 22.0. The molecule has 1 aromatic heterocycles. The summed E-state index contributed by atoms with van der Waals surface area (Å²) in [5, 5.41) is 4.62. The van der Waals surface area contributed by atoms with Crippen LogP contribution in [0.15, 0.2) is 12.1 Å². The Morgan fingerprint density at radius 1 is 1.00 bits per heavy atom. The van der Waals surface area contributed by atoms with E-state index in [4.69, 9.17) is 24.2 Å². The Kier molecular flexibility index (Phi) is 8.61. The van der Waals surface area contributed by atoms with Gasteiger partial charge in [-0.05, 0) is 71.3 Å². The number of rotatable bonds is 9. The van der Waals surface area contributed by atoms with Gasteiger partial charge in [-0.2, -0.15) is 4.98 Å². The van der Waals surface area contributed by atoms with Crippen LogP contribution in [0.3, 0.4) is 0 Å². The van der Waals surface area contributed by atoms with Crippen molar-refractivity contribution in [3.63, 3.8) is 0 Å². The van der Waals surface area contributed by atoms with Crippen molar-refractivity contribution in [3.8, 4) is 11.5 Å². The first-order valence-electron chi connectivity index (χ1n) is 13.7. The summed E-state index contributed by atoms with van der Waals surface area (Å²) < 4.78 is 17.7. The van der Waals surface area contributed by atoms with Crippen LogP contribution in [-0.2, 0) is 4.74 Å². The summed E-state index contributed by atoms with van der Waals surface area (Å²) in [6, 6.07) is 4.30. The molecule has 198 valence electrons. The van der Waals surface area contributed by atoms with Crippen molar-refractivity contribution in [1.29, 1.82) is 0 Å². The van der Waals surface area contributed by atoms with Crippen molar-refractivity contribution >= 4 is 22.7 Å². The predicted molar refractivity (Wildman–Crippen MR) is 144 cm³/mol. The van der Waals surface area contributed by atoms with E-state index in [0.29, 0.717) is 13.2 Å². The summed E-state index contributed by atoms with van der Waals surface area (Å²) in [6.45, 7) is 9.70. The molecule has 3 fully saturated rings. The van der Waals surface area contributed by atoms with Gasteiger partial charge in [0.25, 0.3) is 0 Å². The van der Waals surface area contributed by atoms with Crippen LogP contribution in [0.2, 0.25) is 0 Å². The lowest BCUT2D eigenvalue weighted by molar-refractivity contribution is 0.0875. The molecular weight excluding hydrogens is 456 g/mol. The monoisotopic (exact) mass is 498 g/mol. The second-order valence-corrected chi connectivity index (χ2v) is 10.3. The fraction of sp³-hybridized carbons (Fsp3) is 0.704. The van der Waals surface area contributed by atoms with Gasteiger partial charge in [-0.15, -0.1) is 0 Å². The molecule has 0 spiro atoms. The smallest absolute Gasteiger partial charge is 0.227 e. The largest absolute Gasteiger partial charge is 0.493 e. The Morgan fingerprint density at radius 3 is 2.69 bits per heavy atom. The minimum absolute atomic E-state index is 0.243. The highest BCUT2D eigenvalue weighted by Crippen LogP contribution is 2.36. The third kappa shape index (κ3) is 6.30. The van der Waals surface area contributed by atoms with Crippen molar-refractivity contribution in [2.45, 2.75) is 44.6 Å². The number of hydrogen-bond donors (Lipinski definition) is 1. The zero-order chi connectivity index (χ0) is 24.7. The van der Waals surface area contributed by atoms with Crippen LogP contribution in [0, 0.1) is 0 Å². The van der Waals surface area contributed by atoms with Gasteiger partial charge in [0.2, 0.25) is 5.95 Å². The Hall–Kier alpha value is -2.36. The van der Waals surface area contributed by atoms with E-state index < -0.39 is 0 Å². The molecule has 0 saturated carbocycles. The number of methoxy groups -OCH3 is 1. The summed E-state index contributed by atoms with van der Waals surface area (Å²) in [7, 11) is 3.88. The van der Waals surface area contributed by atoms with Gasteiger partial charge >= 0.3 is 0 Å². The third-order valence-corrected chi connectivity index (χ3v) is 7.55. The zero-order valence-corrected chi connectivity index (χ0v) is 22.0. The first-order valence-corrected chi connectivity index (χ1v) is 13.7. The van der Waals surface area contributed by atoms with E-state index in [-0.39, 0.29) is 6.04 Å². The topological polar surface area (TPSA) is 75.2 Å². The quantitative estimate of drug-likeness (QED) is 0.525. The number of nitrogens with one attached hydrogen (secondary N) is 1. The fourth-order valence-electron chi connectivity index (χ4n) is 5.42. The highest BCUT2D eigenvalue weighted by molar-refractivity contribution is 5.93. The second kappa shape index (κ2) is 12.3. The molecule has 1 unspecified atom stereocenters. The molecule has 9 nitrogen and oxygen atoms in total. The van der Waals surface area contributed by atoms with Crippen molar-refractivity contribution in [2.24, 2.45) is 0 Å². The number of anilines is 2. The van der Waals surface area contributed by atoms with Gasteiger partial charge in [-0.1, -0.05) is 0 Å². The maximum absolute atomic E-state index is 6.23. The van der Waals surface area contributed by atoms with Gasteiger partial charge in [-0.25, -0.2) is 4.98 Å². The molecule has 1 N–H and O–H groups in total. The van der Waals surface area contributed by atoms with E-state index in [1.54, 1.807) is 7.11 Å². The van der Waals surface area contributed by atoms with E-state index in [1.165, 1.54) is 25.9 Å². The molecule has 3 aliphatic rings. The molecule has 1 atom stereocenters. The van der Waals surface area contributed by atoms with Gasteiger partial charge in [-0.3, -0.25) is 0 Å². The number of likely N-dealkylation sites (tertiary alicyclic amines) is 1. The molecule has 36 heavy (non-hydrogen) atoms. The van der Waals surface area contributed by atoms with E-state index in [0.717, 1.165) is 99.2 Å². The van der Waals surface area contributed by atoms with Crippen molar-refractivity contribution in [1.82, 2.24) is 19.8 Å². The normalized spacial score (nSPS) is 22.1. The fourth-order valence-corrected chi connectivity index (χ4v) is 5.42. The summed E-state index contributed by atoms with van der Waals surface area (Å²) in [5.41, 5.74) is 0.882. The van der Waals surface area contributed by atoms with Crippen molar-refractivity contribution < 1.29 is 14.2 Å². The standard InChI is InChI=1S/C27H42N6O3/c1-31-9-6-13-33(15-14-31)27-29-23-19-25(36-17-7-12-32-10-3-4-11-32)24(34-2)18-22(23)26(30-27)28-21-8-5-16-35-20-21/h18-19,21H,3-17,20H2,1-2H3,(H,28,29,30). The minimum Gasteiger partial charge on any atom is -0.493 e. The molecular formula is C27H42N6O3. The van der Waals surface area contributed by atoms with Gasteiger partial charge in [0.15, 0.2) is 11.5 Å². The van der Waals surface area contributed by atoms with Gasteiger partial charge in [0, 0.05) is 44.2 Å². The molecule has 0 radical (unpaired) electrons. The predicted octanol–water partition coefficient (Wildman–Crippen LogP) is 3.24. The van der Waals surface area contributed by atoms with Crippen LogP contribution in [0.1, 0.15) is 38.5 Å². The van der Waals surface area contributed by atoms with Gasteiger partial charge in [0.05, 0.1) is 31.9 Å². The Labute approximate surface area is 215 Å². The maximum Gasteiger partial charge on any atom is 0.227 e. The first-order chi connectivity index (χ1) is 17.7. The molecule has 3 aliphatic heterocycles. The van der Waals surface area contributed by atoms with Crippen molar-refractivity contribution in [2.75, 3.05) is 90.0 Å². The Bertz CT molecular complexity index is 993. The minimum atomic E-state index is 0.243. The maximum atomic E-state index is 6.23. The molecule has 0 amide bonds. The van der Waals surface area contributed by atoms with E-state index in [2.05, 4.69) is 27.1 Å². The highest BCUT2D eigenvalue weighted by atomic mass is 16.5. The first kappa shape index (κ1) is 25.3. The highest BCUT2D eigenvalue weighted by Gasteiger charge is 2.22. The number of nitrogens with zero attached hydrogens (tertiary/aromatic N) is 5. The summed E-state index contributed by atoms with van der Waals surface area (Å²) >= 11 is 0. The number of benzene rings is 1. The number of fused-ring (bicyclic) bond motifs is 1. The average molecular weight is 499 g/mol. The molecule has 0 bridgehead atoms. The van der Waals surface area contributed by atoms with Crippen LogP contribution in [0.4, 0.5) is 11.8 Å². The molecule has 1 aromatic carbocycles. The third-order valence-electron chi connectivity index (χ3n) is 7.55. The molecule has 0 aliphatic carbocycles. The van der Waals surface area contributed by atoms with Crippen LogP contribution in [0.5, 0.6) is 11.5 Å². The Morgan fingerprint density at radius 2 is 1.89 bits per heavy atom. The van der Waals surface area contributed by atoms with Gasteiger partial charge < -0.3 is 34.2 Å². The molecule has 2 aromatic rings. The SMILES string of the molecule is COc1cc2c(NC3CCCOC3)nc(N3CCCN(C)CC3)nc2cc1OCCCN1CCCC1. The van der Waals surface area contributed by atoms with Crippen LogP contribution < -0.4 is 19.7 Å². The van der Waals surface area contributed by atoms with E-state index in [9.17, 15) is 0 Å². The number of aromatic nitrogens is 2. The van der Waals surface area contributed by atoms with Gasteiger partial charge in [0.1, 0.15) is 5.82 Å². The average Bonchev–Trinajstić information content (AvgIpc) is 3.33.